The second kappa shape index (κ2) is 7.60. The molecule has 0 atom stereocenters. The van der Waals surface area contributed by atoms with Gasteiger partial charge in [0.05, 0.1) is 5.02 Å². The molecule has 0 radical (unpaired) electrons. The van der Waals surface area contributed by atoms with Crippen molar-refractivity contribution >= 4 is 17.5 Å². The Bertz CT molecular complexity index is 523. The molecule has 3 heterocycles. The third-order valence-electron chi connectivity index (χ3n) is 4.99. The molecule has 6 heteroatoms. The molecule has 1 amide bonds. The standard InChI is InChI=1S/C17H24ClN3O2/c18-14-4-5-15(19-12-14)16(22)20-13-17(6-10-23-11-7-17)21-8-2-1-3-9-21/h4-5,12H,1-3,6-11,13H2,(H,20,22). The van der Waals surface area contributed by atoms with E-state index in [2.05, 4.69) is 15.2 Å². The Balaban J connectivity index is 1.66. The van der Waals surface area contributed by atoms with E-state index in [1.165, 1.54) is 25.5 Å². The Labute approximate surface area is 142 Å². The molecule has 3 rings (SSSR count). The molecule has 126 valence electrons. The van der Waals surface area contributed by atoms with Crippen LogP contribution < -0.4 is 5.32 Å². The lowest BCUT2D eigenvalue weighted by atomic mass is 9.86. The van der Waals surface area contributed by atoms with E-state index in [-0.39, 0.29) is 11.4 Å². The Kier molecular flexibility index (Phi) is 5.51. The Morgan fingerprint density at radius 1 is 1.26 bits per heavy atom. The van der Waals surface area contributed by atoms with Crippen LogP contribution in [0.1, 0.15) is 42.6 Å². The van der Waals surface area contributed by atoms with Gasteiger partial charge in [-0.25, -0.2) is 4.98 Å². The highest BCUT2D eigenvalue weighted by Crippen LogP contribution is 2.30. The molecular formula is C17H24ClN3O2. The summed E-state index contributed by atoms with van der Waals surface area (Å²) in [4.78, 5) is 19.0. The zero-order chi connectivity index (χ0) is 16.1. The van der Waals surface area contributed by atoms with Crippen LogP contribution in [0.25, 0.3) is 0 Å². The molecule has 0 bridgehead atoms. The highest BCUT2D eigenvalue weighted by atomic mass is 35.5. The Morgan fingerprint density at radius 3 is 2.65 bits per heavy atom. The van der Waals surface area contributed by atoms with Crippen LogP contribution in [-0.2, 0) is 4.74 Å². The second-order valence-electron chi connectivity index (χ2n) is 6.43. The lowest BCUT2D eigenvalue weighted by Crippen LogP contribution is -2.59. The molecule has 0 spiro atoms. The first-order valence-corrected chi connectivity index (χ1v) is 8.80. The summed E-state index contributed by atoms with van der Waals surface area (Å²) in [6, 6.07) is 3.35. The monoisotopic (exact) mass is 337 g/mol. The van der Waals surface area contributed by atoms with Gasteiger partial charge in [-0.15, -0.1) is 0 Å². The van der Waals surface area contributed by atoms with Crippen molar-refractivity contribution in [1.82, 2.24) is 15.2 Å². The van der Waals surface area contributed by atoms with Gasteiger partial charge in [0.1, 0.15) is 5.69 Å². The topological polar surface area (TPSA) is 54.5 Å². The van der Waals surface area contributed by atoms with E-state index in [9.17, 15) is 4.79 Å². The van der Waals surface area contributed by atoms with E-state index in [1.807, 2.05) is 0 Å². The number of amides is 1. The number of hydrogen-bond donors (Lipinski definition) is 1. The summed E-state index contributed by atoms with van der Waals surface area (Å²) >= 11 is 5.82. The zero-order valence-electron chi connectivity index (χ0n) is 13.4. The predicted molar refractivity (Wildman–Crippen MR) is 89.8 cm³/mol. The number of nitrogens with one attached hydrogen (secondary N) is 1. The first kappa shape index (κ1) is 16.7. The number of likely N-dealkylation sites (tertiary alicyclic amines) is 1. The lowest BCUT2D eigenvalue weighted by molar-refractivity contribution is -0.0349. The van der Waals surface area contributed by atoms with Gasteiger partial charge in [-0.3, -0.25) is 9.69 Å². The number of aromatic nitrogens is 1. The average molecular weight is 338 g/mol. The van der Waals surface area contributed by atoms with Gasteiger partial charge in [0.15, 0.2) is 0 Å². The number of pyridine rings is 1. The quantitative estimate of drug-likeness (QED) is 0.917. The van der Waals surface area contributed by atoms with Gasteiger partial charge >= 0.3 is 0 Å². The van der Waals surface area contributed by atoms with Gasteiger partial charge in [-0.05, 0) is 50.9 Å². The van der Waals surface area contributed by atoms with Gasteiger partial charge in [-0.1, -0.05) is 18.0 Å². The summed E-state index contributed by atoms with van der Waals surface area (Å²) in [6.07, 6.45) is 7.25. The fraction of sp³-hybridized carbons (Fsp3) is 0.647. The molecule has 5 nitrogen and oxygen atoms in total. The Morgan fingerprint density at radius 2 is 2.00 bits per heavy atom. The van der Waals surface area contributed by atoms with Crippen LogP contribution in [0.4, 0.5) is 0 Å². The molecule has 0 saturated carbocycles. The van der Waals surface area contributed by atoms with Crippen molar-refractivity contribution in [2.45, 2.75) is 37.6 Å². The number of halogens is 1. The average Bonchev–Trinajstić information content (AvgIpc) is 2.62. The maximum Gasteiger partial charge on any atom is 0.269 e. The molecule has 0 unspecified atom stereocenters. The summed E-state index contributed by atoms with van der Waals surface area (Å²) in [5, 5.41) is 3.62. The maximum absolute atomic E-state index is 12.4. The van der Waals surface area contributed by atoms with Crippen molar-refractivity contribution in [3.63, 3.8) is 0 Å². The number of carbonyl (C=O) groups excluding carboxylic acids is 1. The molecule has 1 aromatic rings. The maximum atomic E-state index is 12.4. The van der Waals surface area contributed by atoms with E-state index < -0.39 is 0 Å². The Hall–Kier alpha value is -1.17. The highest BCUT2D eigenvalue weighted by Gasteiger charge is 2.39. The molecule has 2 fully saturated rings. The number of rotatable bonds is 4. The fourth-order valence-electron chi connectivity index (χ4n) is 3.57. The molecule has 2 aliphatic rings. The van der Waals surface area contributed by atoms with Crippen LogP contribution in [0, 0.1) is 0 Å². The van der Waals surface area contributed by atoms with Crippen molar-refractivity contribution < 1.29 is 9.53 Å². The minimum atomic E-state index is -0.135. The van der Waals surface area contributed by atoms with Crippen molar-refractivity contribution in [2.24, 2.45) is 0 Å². The summed E-state index contributed by atoms with van der Waals surface area (Å²) in [6.45, 7) is 4.43. The largest absolute Gasteiger partial charge is 0.381 e. The van der Waals surface area contributed by atoms with Crippen LogP contribution in [0.2, 0.25) is 5.02 Å². The molecule has 23 heavy (non-hydrogen) atoms. The fourth-order valence-corrected chi connectivity index (χ4v) is 3.68. The van der Waals surface area contributed by atoms with Crippen molar-refractivity contribution in [2.75, 3.05) is 32.8 Å². The van der Waals surface area contributed by atoms with Gasteiger partial charge in [-0.2, -0.15) is 0 Å². The molecular weight excluding hydrogens is 314 g/mol. The van der Waals surface area contributed by atoms with E-state index in [4.69, 9.17) is 16.3 Å². The third kappa shape index (κ3) is 4.03. The smallest absolute Gasteiger partial charge is 0.269 e. The van der Waals surface area contributed by atoms with Gasteiger partial charge in [0.25, 0.3) is 5.91 Å². The number of carbonyl (C=O) groups is 1. The van der Waals surface area contributed by atoms with Crippen LogP contribution in [0.3, 0.4) is 0 Å². The van der Waals surface area contributed by atoms with Crippen molar-refractivity contribution in [3.8, 4) is 0 Å². The first-order chi connectivity index (χ1) is 11.2. The molecule has 0 aliphatic carbocycles. The predicted octanol–water partition coefficient (Wildman–Crippen LogP) is 2.50. The van der Waals surface area contributed by atoms with Gasteiger partial charge in [0.2, 0.25) is 0 Å². The summed E-state index contributed by atoms with van der Waals surface area (Å²) in [5.74, 6) is -0.135. The summed E-state index contributed by atoms with van der Waals surface area (Å²) < 4.78 is 5.55. The highest BCUT2D eigenvalue weighted by molar-refractivity contribution is 6.30. The molecule has 1 N–H and O–H groups in total. The molecule has 2 saturated heterocycles. The van der Waals surface area contributed by atoms with E-state index >= 15 is 0 Å². The zero-order valence-corrected chi connectivity index (χ0v) is 14.1. The minimum Gasteiger partial charge on any atom is -0.381 e. The van der Waals surface area contributed by atoms with E-state index in [0.717, 1.165) is 39.1 Å². The van der Waals surface area contributed by atoms with Crippen molar-refractivity contribution in [1.29, 1.82) is 0 Å². The third-order valence-corrected chi connectivity index (χ3v) is 5.21. The molecule has 1 aromatic heterocycles. The van der Waals surface area contributed by atoms with Gasteiger partial charge < -0.3 is 10.1 Å². The van der Waals surface area contributed by atoms with Crippen molar-refractivity contribution in [3.05, 3.63) is 29.0 Å². The van der Waals surface area contributed by atoms with E-state index in [0.29, 0.717) is 17.3 Å². The van der Waals surface area contributed by atoms with Gasteiger partial charge in [0, 0.05) is 31.5 Å². The van der Waals surface area contributed by atoms with Crippen LogP contribution in [0.15, 0.2) is 18.3 Å². The summed E-state index contributed by atoms with van der Waals surface area (Å²) in [7, 11) is 0. The second-order valence-corrected chi connectivity index (χ2v) is 6.87. The summed E-state index contributed by atoms with van der Waals surface area (Å²) in [5.41, 5.74) is 0.441. The SMILES string of the molecule is O=C(NCC1(N2CCCCC2)CCOCC1)c1ccc(Cl)cn1. The van der Waals surface area contributed by atoms with E-state index in [1.54, 1.807) is 12.1 Å². The number of nitrogens with zero attached hydrogens (tertiary/aromatic N) is 2. The van der Waals surface area contributed by atoms with Crippen LogP contribution >= 0.6 is 11.6 Å². The van der Waals surface area contributed by atoms with Crippen LogP contribution in [0.5, 0.6) is 0 Å². The lowest BCUT2D eigenvalue weighted by Gasteiger charge is -2.48. The number of ether oxygens (including phenoxy) is 1. The molecule has 0 aromatic carbocycles. The minimum absolute atomic E-state index is 0.0285. The van der Waals surface area contributed by atoms with Crippen LogP contribution in [-0.4, -0.2) is 54.2 Å². The number of piperidine rings is 1. The number of hydrogen-bond acceptors (Lipinski definition) is 4. The first-order valence-electron chi connectivity index (χ1n) is 8.42. The molecule has 2 aliphatic heterocycles. The normalized spacial score (nSPS) is 21.8.